The van der Waals surface area contributed by atoms with Gasteiger partial charge in [-0.2, -0.15) is 61.5 Å². The third-order valence-electron chi connectivity index (χ3n) is 7.12. The standard InChI is InChI=1S/C33H20F16O4/c34-25(28(36,37)38)30(42,50-21-7-3-1-4-8-21)52-23-15-11-19(12-16-23)27(32(44,45)46,33(47,48)49)20-13-17-24(18-14-20)53-31(43,26(35)29(39,40)41)51-22-9-5-2-6-10-22/h1-18,25-26H. The van der Waals surface area contributed by atoms with Crippen molar-refractivity contribution in [1.82, 2.24) is 0 Å². The first-order chi connectivity index (χ1) is 24.3. The van der Waals surface area contributed by atoms with Gasteiger partial charge in [0.05, 0.1) is 0 Å². The van der Waals surface area contributed by atoms with E-state index in [4.69, 9.17) is 0 Å². The van der Waals surface area contributed by atoms with Crippen LogP contribution in [0.3, 0.4) is 0 Å². The molecule has 0 aromatic heterocycles. The molecule has 0 amide bonds. The number of para-hydroxylation sites is 2. The molecule has 0 saturated heterocycles. The van der Waals surface area contributed by atoms with Crippen molar-refractivity contribution in [2.45, 2.75) is 54.5 Å². The van der Waals surface area contributed by atoms with Gasteiger partial charge in [0.1, 0.15) is 23.0 Å². The summed E-state index contributed by atoms with van der Waals surface area (Å²) in [5, 5.41) is 0. The molecule has 0 aliphatic rings. The topological polar surface area (TPSA) is 36.9 Å². The maximum Gasteiger partial charge on any atom is 0.449 e. The fourth-order valence-corrected chi connectivity index (χ4v) is 4.79. The van der Waals surface area contributed by atoms with Crippen LogP contribution in [0, 0.1) is 0 Å². The summed E-state index contributed by atoms with van der Waals surface area (Å²) in [7, 11) is 0. The minimum atomic E-state index is -6.35. The molecule has 0 saturated carbocycles. The molecule has 4 aromatic carbocycles. The molecule has 20 heteroatoms. The Balaban J connectivity index is 1.75. The highest BCUT2D eigenvalue weighted by molar-refractivity contribution is 5.47. The summed E-state index contributed by atoms with van der Waals surface area (Å²) < 4.78 is 244. The summed E-state index contributed by atoms with van der Waals surface area (Å²) in [5.41, 5.74) is -8.55. The van der Waals surface area contributed by atoms with Crippen LogP contribution >= 0.6 is 0 Å². The zero-order valence-corrected chi connectivity index (χ0v) is 25.7. The van der Waals surface area contributed by atoms with Gasteiger partial charge in [0.15, 0.2) is 0 Å². The van der Waals surface area contributed by atoms with Gasteiger partial charge in [-0.25, -0.2) is 8.78 Å². The van der Waals surface area contributed by atoms with Gasteiger partial charge in [-0.15, -0.1) is 0 Å². The van der Waals surface area contributed by atoms with E-state index in [2.05, 4.69) is 18.9 Å². The quantitative estimate of drug-likeness (QED) is 0.106. The number of ether oxygens (including phenoxy) is 4. The highest BCUT2D eigenvalue weighted by Crippen LogP contribution is 2.56. The van der Waals surface area contributed by atoms with Gasteiger partial charge < -0.3 is 18.9 Å². The van der Waals surface area contributed by atoms with E-state index in [-0.39, 0.29) is 48.5 Å². The van der Waals surface area contributed by atoms with Gasteiger partial charge in [0.25, 0.3) is 0 Å². The van der Waals surface area contributed by atoms with Crippen LogP contribution in [-0.4, -0.2) is 49.1 Å². The summed E-state index contributed by atoms with van der Waals surface area (Å²) >= 11 is 0. The molecular weight excluding hydrogens is 764 g/mol. The van der Waals surface area contributed by atoms with Crippen molar-refractivity contribution in [2.75, 3.05) is 0 Å². The molecule has 0 radical (unpaired) electrons. The van der Waals surface area contributed by atoms with Crippen LogP contribution in [0.5, 0.6) is 23.0 Å². The summed E-state index contributed by atoms with van der Waals surface area (Å²) in [6, 6.07) is 1.66. The fourth-order valence-electron chi connectivity index (χ4n) is 4.79. The van der Waals surface area contributed by atoms with Gasteiger partial charge in [-0.05, 0) is 59.7 Å². The Kier molecular flexibility index (Phi) is 11.1. The number of hydrogen-bond donors (Lipinski definition) is 0. The Morgan fingerprint density at radius 2 is 0.585 bits per heavy atom. The molecule has 0 heterocycles. The van der Waals surface area contributed by atoms with Gasteiger partial charge >= 0.3 is 49.1 Å². The normalized spacial score (nSPS) is 16.5. The molecule has 0 aliphatic heterocycles. The van der Waals surface area contributed by atoms with Crippen molar-refractivity contribution in [3.63, 3.8) is 0 Å². The maximum atomic E-state index is 15.4. The van der Waals surface area contributed by atoms with Crippen molar-refractivity contribution in [3.8, 4) is 23.0 Å². The van der Waals surface area contributed by atoms with Crippen LogP contribution in [0.2, 0.25) is 0 Å². The molecule has 0 bridgehead atoms. The highest BCUT2D eigenvalue weighted by Gasteiger charge is 2.72. The first-order valence-electron chi connectivity index (χ1n) is 14.3. The molecule has 4 nitrogen and oxygen atoms in total. The first kappa shape index (κ1) is 40.7. The smallest absolute Gasteiger partial charge is 0.424 e. The number of benzene rings is 4. The van der Waals surface area contributed by atoms with E-state index in [1.807, 2.05) is 0 Å². The van der Waals surface area contributed by atoms with E-state index in [9.17, 15) is 61.5 Å². The summed E-state index contributed by atoms with van der Waals surface area (Å²) in [4.78, 5) is 0. The lowest BCUT2D eigenvalue weighted by Crippen LogP contribution is -2.55. The zero-order valence-electron chi connectivity index (χ0n) is 25.7. The molecule has 4 unspecified atom stereocenters. The molecule has 4 aromatic rings. The number of hydrogen-bond acceptors (Lipinski definition) is 4. The Morgan fingerprint density at radius 3 is 0.811 bits per heavy atom. The Bertz CT molecular complexity index is 1640. The average molecular weight is 784 g/mol. The van der Waals surface area contributed by atoms with E-state index >= 15 is 8.78 Å². The summed E-state index contributed by atoms with van der Waals surface area (Å²) in [5.74, 6) is -3.94. The molecule has 288 valence electrons. The van der Waals surface area contributed by atoms with E-state index < -0.39 is 88.7 Å². The van der Waals surface area contributed by atoms with E-state index in [0.29, 0.717) is 0 Å². The highest BCUT2D eigenvalue weighted by atomic mass is 19.4. The fraction of sp³-hybridized carbons (Fsp3) is 0.273. The second-order valence-corrected chi connectivity index (χ2v) is 10.8. The van der Waals surface area contributed by atoms with Crippen LogP contribution in [0.25, 0.3) is 0 Å². The minimum Gasteiger partial charge on any atom is -0.424 e. The van der Waals surface area contributed by atoms with E-state index in [1.165, 1.54) is 12.1 Å². The number of alkyl halides is 16. The predicted molar refractivity (Wildman–Crippen MR) is 151 cm³/mol. The number of rotatable bonds is 12. The number of halogens is 16. The Labute approximate surface area is 287 Å². The van der Waals surface area contributed by atoms with Crippen molar-refractivity contribution >= 4 is 0 Å². The molecule has 4 rings (SSSR count). The lowest BCUT2D eigenvalue weighted by atomic mass is 9.73. The average Bonchev–Trinajstić information content (AvgIpc) is 3.04. The molecule has 4 atom stereocenters. The first-order valence-corrected chi connectivity index (χ1v) is 14.3. The van der Waals surface area contributed by atoms with Crippen LogP contribution in [0.4, 0.5) is 70.2 Å². The third-order valence-corrected chi connectivity index (χ3v) is 7.12. The summed E-state index contributed by atoms with van der Waals surface area (Å²) in [6.07, 6.45) is -33.8. The van der Waals surface area contributed by atoms with Gasteiger partial charge in [0, 0.05) is 0 Å². The minimum absolute atomic E-state index is 0.00179. The molecule has 53 heavy (non-hydrogen) atoms. The van der Waals surface area contributed by atoms with Crippen molar-refractivity contribution in [1.29, 1.82) is 0 Å². The molecule has 0 spiro atoms. The predicted octanol–water partition coefficient (Wildman–Crippen LogP) is 11.1. The molecule has 0 N–H and O–H groups in total. The molecular formula is C33H20F16O4. The van der Waals surface area contributed by atoms with E-state index in [1.54, 1.807) is 0 Å². The monoisotopic (exact) mass is 784 g/mol. The third kappa shape index (κ3) is 8.62. The largest absolute Gasteiger partial charge is 0.449 e. The van der Waals surface area contributed by atoms with E-state index in [0.717, 1.165) is 48.5 Å². The second kappa shape index (κ2) is 14.4. The molecule has 0 fully saturated rings. The van der Waals surface area contributed by atoms with Crippen molar-refractivity contribution < 1.29 is 89.2 Å². The summed E-state index contributed by atoms with van der Waals surface area (Å²) in [6.45, 7) is 0. The second-order valence-electron chi connectivity index (χ2n) is 10.8. The lowest BCUT2D eigenvalue weighted by molar-refractivity contribution is -0.325. The van der Waals surface area contributed by atoms with Crippen LogP contribution < -0.4 is 18.9 Å². The van der Waals surface area contributed by atoms with Crippen LogP contribution in [0.15, 0.2) is 109 Å². The molecule has 0 aliphatic carbocycles. The van der Waals surface area contributed by atoms with Gasteiger partial charge in [-0.3, -0.25) is 0 Å². The van der Waals surface area contributed by atoms with Gasteiger partial charge in [-0.1, -0.05) is 60.7 Å². The maximum absolute atomic E-state index is 15.4. The van der Waals surface area contributed by atoms with Crippen molar-refractivity contribution in [2.24, 2.45) is 0 Å². The zero-order chi connectivity index (χ0) is 39.7. The Hall–Kier alpha value is -5.04. The van der Waals surface area contributed by atoms with Crippen LogP contribution in [-0.2, 0) is 5.41 Å². The Morgan fingerprint density at radius 1 is 0.340 bits per heavy atom. The lowest BCUT2D eigenvalue weighted by Gasteiger charge is -2.38. The van der Waals surface area contributed by atoms with Crippen molar-refractivity contribution in [3.05, 3.63) is 120 Å². The van der Waals surface area contributed by atoms with Gasteiger partial charge in [0.2, 0.25) is 5.41 Å². The van der Waals surface area contributed by atoms with Crippen LogP contribution in [0.1, 0.15) is 11.1 Å². The SMILES string of the molecule is FC(C(F)(F)F)C(F)(Oc1ccccc1)Oc1ccc(C(c2ccc(OC(F)(Oc3ccccc3)C(F)C(F)(F)F)cc2)(C(F)(F)F)C(F)(F)F)cc1.